The lowest BCUT2D eigenvalue weighted by molar-refractivity contribution is 0.102. The average Bonchev–Trinajstić information content (AvgIpc) is 2.39. The molecule has 0 spiro atoms. The predicted octanol–water partition coefficient (Wildman–Crippen LogP) is 3.18. The van der Waals surface area contributed by atoms with Crippen LogP contribution in [0.3, 0.4) is 0 Å². The molecule has 1 amide bonds. The fraction of sp³-hybridized carbons (Fsp3) is 0. The number of nitrogens with one attached hydrogen (secondary N) is 1. The van der Waals surface area contributed by atoms with E-state index >= 15 is 0 Å². The molecule has 0 saturated heterocycles. The third-order valence-corrected chi connectivity index (χ3v) is 3.70. The van der Waals surface area contributed by atoms with E-state index in [-0.39, 0.29) is 5.91 Å². The van der Waals surface area contributed by atoms with Gasteiger partial charge in [-0.05, 0) is 46.9 Å². The highest BCUT2D eigenvalue weighted by Gasteiger charge is 2.09. The molecule has 19 heavy (non-hydrogen) atoms. The van der Waals surface area contributed by atoms with E-state index in [0.29, 0.717) is 16.2 Å². The van der Waals surface area contributed by atoms with Gasteiger partial charge in [0.15, 0.2) is 0 Å². The Morgan fingerprint density at radius 3 is 2.58 bits per heavy atom. The summed E-state index contributed by atoms with van der Waals surface area (Å²) in [5, 5.41) is 2.84. The van der Waals surface area contributed by atoms with Crippen molar-refractivity contribution in [3.05, 3.63) is 63.2 Å². The average molecular weight is 382 g/mol. The molecule has 0 aromatic heterocycles. The van der Waals surface area contributed by atoms with Crippen molar-refractivity contribution < 1.29 is 4.79 Å². The van der Waals surface area contributed by atoms with Gasteiger partial charge in [0.2, 0.25) is 0 Å². The van der Waals surface area contributed by atoms with Gasteiger partial charge in [-0.2, -0.15) is 0 Å². The molecule has 0 aliphatic rings. The number of amides is 1. The Labute approximate surface area is 130 Å². The van der Waals surface area contributed by atoms with E-state index in [9.17, 15) is 4.79 Å². The van der Waals surface area contributed by atoms with E-state index in [1.54, 1.807) is 24.3 Å². The van der Waals surface area contributed by atoms with Gasteiger partial charge in [0.1, 0.15) is 4.99 Å². The maximum atomic E-state index is 12.1. The van der Waals surface area contributed by atoms with E-state index in [0.717, 1.165) is 9.13 Å². The topological polar surface area (TPSA) is 55.1 Å². The summed E-state index contributed by atoms with van der Waals surface area (Å²) in [6.45, 7) is 0. The summed E-state index contributed by atoms with van der Waals surface area (Å²) >= 11 is 7.05. The fourth-order valence-corrected chi connectivity index (χ4v) is 2.35. The maximum absolute atomic E-state index is 12.1. The van der Waals surface area contributed by atoms with Gasteiger partial charge in [0, 0.05) is 14.8 Å². The highest BCUT2D eigenvalue weighted by molar-refractivity contribution is 14.1. The smallest absolute Gasteiger partial charge is 0.256 e. The quantitative estimate of drug-likeness (QED) is 0.634. The first kappa shape index (κ1) is 14.0. The summed E-state index contributed by atoms with van der Waals surface area (Å²) in [6, 6.07) is 14.6. The third-order valence-electron chi connectivity index (χ3n) is 2.52. The van der Waals surface area contributed by atoms with Crippen LogP contribution in [0.1, 0.15) is 15.9 Å². The standard InChI is InChI=1S/C14H11IN2OS/c15-12-7-2-1-6-11(12)14(18)17-10-5-3-4-9(8-10)13(16)19/h1-8H,(H2,16,19)(H,17,18). The van der Waals surface area contributed by atoms with Crippen LogP contribution in [0.4, 0.5) is 5.69 Å². The fourth-order valence-electron chi connectivity index (χ4n) is 1.59. The first-order valence-electron chi connectivity index (χ1n) is 5.53. The van der Waals surface area contributed by atoms with Crippen LogP contribution >= 0.6 is 34.8 Å². The highest BCUT2D eigenvalue weighted by Crippen LogP contribution is 2.15. The van der Waals surface area contributed by atoms with E-state index in [2.05, 4.69) is 27.9 Å². The van der Waals surface area contributed by atoms with Crippen LogP contribution in [0.5, 0.6) is 0 Å². The molecule has 0 unspecified atom stereocenters. The second-order valence-electron chi connectivity index (χ2n) is 3.88. The molecule has 0 saturated carbocycles. The lowest BCUT2D eigenvalue weighted by atomic mass is 10.1. The molecule has 3 N–H and O–H groups in total. The highest BCUT2D eigenvalue weighted by atomic mass is 127. The predicted molar refractivity (Wildman–Crippen MR) is 89.4 cm³/mol. The number of carbonyl (C=O) groups excluding carboxylic acids is 1. The monoisotopic (exact) mass is 382 g/mol. The number of anilines is 1. The summed E-state index contributed by atoms with van der Waals surface area (Å²) < 4.78 is 0.906. The van der Waals surface area contributed by atoms with Gasteiger partial charge in [0.05, 0.1) is 5.56 Å². The normalized spacial score (nSPS) is 9.95. The molecular weight excluding hydrogens is 371 g/mol. The Hall–Kier alpha value is -1.47. The first-order valence-corrected chi connectivity index (χ1v) is 7.02. The van der Waals surface area contributed by atoms with E-state index in [4.69, 9.17) is 18.0 Å². The van der Waals surface area contributed by atoms with Crippen molar-refractivity contribution in [2.75, 3.05) is 5.32 Å². The molecule has 2 aromatic carbocycles. The lowest BCUT2D eigenvalue weighted by Gasteiger charge is -2.08. The SMILES string of the molecule is NC(=S)c1cccc(NC(=O)c2ccccc2I)c1. The molecule has 0 atom stereocenters. The number of thiocarbonyl (C=S) groups is 1. The Morgan fingerprint density at radius 2 is 1.89 bits per heavy atom. The van der Waals surface area contributed by atoms with Gasteiger partial charge in [-0.1, -0.05) is 36.5 Å². The molecule has 0 fully saturated rings. The molecule has 0 aliphatic carbocycles. The Morgan fingerprint density at radius 1 is 1.16 bits per heavy atom. The van der Waals surface area contributed by atoms with Crippen molar-refractivity contribution in [3.8, 4) is 0 Å². The minimum absolute atomic E-state index is 0.148. The summed E-state index contributed by atoms with van der Waals surface area (Å²) in [4.78, 5) is 12.4. The Bertz CT molecular complexity index is 643. The van der Waals surface area contributed by atoms with Crippen molar-refractivity contribution in [2.24, 2.45) is 5.73 Å². The van der Waals surface area contributed by atoms with Crippen molar-refractivity contribution in [1.29, 1.82) is 0 Å². The second kappa shape index (κ2) is 6.12. The van der Waals surface area contributed by atoms with Gasteiger partial charge in [-0.15, -0.1) is 0 Å². The van der Waals surface area contributed by atoms with Gasteiger partial charge in [-0.25, -0.2) is 0 Å². The van der Waals surface area contributed by atoms with E-state index in [1.807, 2.05) is 24.3 Å². The van der Waals surface area contributed by atoms with Crippen molar-refractivity contribution in [3.63, 3.8) is 0 Å². The van der Waals surface area contributed by atoms with Gasteiger partial charge < -0.3 is 11.1 Å². The van der Waals surface area contributed by atoms with Crippen LogP contribution < -0.4 is 11.1 Å². The van der Waals surface area contributed by atoms with Crippen LogP contribution in [-0.4, -0.2) is 10.9 Å². The minimum Gasteiger partial charge on any atom is -0.389 e. The number of hydrogen-bond donors (Lipinski definition) is 2. The first-order chi connectivity index (χ1) is 9.08. The van der Waals surface area contributed by atoms with Gasteiger partial charge in [-0.3, -0.25) is 4.79 Å². The number of halogens is 1. The summed E-state index contributed by atoms with van der Waals surface area (Å²) in [7, 11) is 0. The molecule has 0 aliphatic heterocycles. The molecule has 3 nitrogen and oxygen atoms in total. The molecule has 0 heterocycles. The molecule has 5 heteroatoms. The minimum atomic E-state index is -0.148. The summed E-state index contributed by atoms with van der Waals surface area (Å²) in [5.74, 6) is -0.148. The number of rotatable bonds is 3. The lowest BCUT2D eigenvalue weighted by Crippen LogP contribution is -2.14. The number of nitrogens with two attached hydrogens (primary N) is 1. The summed E-state index contributed by atoms with van der Waals surface area (Å²) in [6.07, 6.45) is 0. The zero-order chi connectivity index (χ0) is 13.8. The van der Waals surface area contributed by atoms with Crippen LogP contribution in [0.2, 0.25) is 0 Å². The number of benzene rings is 2. The molecular formula is C14H11IN2OS. The molecule has 0 radical (unpaired) electrons. The van der Waals surface area contributed by atoms with Gasteiger partial charge in [0.25, 0.3) is 5.91 Å². The molecule has 2 rings (SSSR count). The van der Waals surface area contributed by atoms with E-state index in [1.165, 1.54) is 0 Å². The zero-order valence-electron chi connectivity index (χ0n) is 9.89. The number of hydrogen-bond acceptors (Lipinski definition) is 2. The van der Waals surface area contributed by atoms with Crippen LogP contribution in [-0.2, 0) is 0 Å². The second-order valence-corrected chi connectivity index (χ2v) is 5.48. The van der Waals surface area contributed by atoms with Crippen molar-refractivity contribution >= 4 is 51.4 Å². The van der Waals surface area contributed by atoms with Crippen LogP contribution in [0, 0.1) is 3.57 Å². The number of carbonyl (C=O) groups is 1. The third kappa shape index (κ3) is 3.51. The Kier molecular flexibility index (Phi) is 4.49. The van der Waals surface area contributed by atoms with Crippen LogP contribution in [0.25, 0.3) is 0 Å². The molecule has 96 valence electrons. The van der Waals surface area contributed by atoms with Crippen molar-refractivity contribution in [1.82, 2.24) is 0 Å². The van der Waals surface area contributed by atoms with Gasteiger partial charge >= 0.3 is 0 Å². The maximum Gasteiger partial charge on any atom is 0.256 e. The van der Waals surface area contributed by atoms with E-state index < -0.39 is 0 Å². The largest absolute Gasteiger partial charge is 0.389 e. The Balaban J connectivity index is 2.22. The molecule has 2 aromatic rings. The van der Waals surface area contributed by atoms with Crippen LogP contribution in [0.15, 0.2) is 48.5 Å². The zero-order valence-corrected chi connectivity index (χ0v) is 12.9. The van der Waals surface area contributed by atoms with Crippen molar-refractivity contribution in [2.45, 2.75) is 0 Å². The summed E-state index contributed by atoms with van der Waals surface area (Å²) in [5.41, 5.74) is 7.62. The molecule has 0 bridgehead atoms.